The Morgan fingerprint density at radius 1 is 1.18 bits per heavy atom. The summed E-state index contributed by atoms with van der Waals surface area (Å²) in [4.78, 5) is 19.5. The molecule has 0 radical (unpaired) electrons. The molecule has 1 saturated heterocycles. The summed E-state index contributed by atoms with van der Waals surface area (Å²) in [5.41, 5.74) is 2.76. The number of hydrogen-bond donors (Lipinski definition) is 1. The van der Waals surface area contributed by atoms with Crippen LogP contribution in [0.1, 0.15) is 41.6 Å². The minimum atomic E-state index is -0.220. The Hall–Kier alpha value is -2.93. The van der Waals surface area contributed by atoms with Crippen molar-refractivity contribution in [2.75, 3.05) is 13.1 Å². The zero-order valence-electron chi connectivity index (χ0n) is 16.0. The third-order valence-electron chi connectivity index (χ3n) is 6.03. The largest absolute Gasteiger partial charge is 0.337 e. The fourth-order valence-corrected chi connectivity index (χ4v) is 4.40. The van der Waals surface area contributed by atoms with Crippen LogP contribution in [0.4, 0.5) is 0 Å². The third kappa shape index (κ3) is 2.65. The molecule has 0 unspecified atom stereocenters. The van der Waals surface area contributed by atoms with Gasteiger partial charge in [0.15, 0.2) is 0 Å². The number of benzene rings is 1. The lowest BCUT2D eigenvalue weighted by atomic mass is 9.86. The minimum Gasteiger partial charge on any atom is -0.337 e. The molecule has 1 amide bonds. The van der Waals surface area contributed by atoms with Crippen LogP contribution in [-0.2, 0) is 18.6 Å². The van der Waals surface area contributed by atoms with E-state index in [4.69, 9.17) is 4.98 Å². The lowest BCUT2D eigenvalue weighted by Gasteiger charge is -2.41. The van der Waals surface area contributed by atoms with Crippen LogP contribution >= 0.6 is 0 Å². The van der Waals surface area contributed by atoms with Gasteiger partial charge in [0.25, 0.3) is 5.91 Å². The summed E-state index contributed by atoms with van der Waals surface area (Å²) in [6.45, 7) is 4.96. The van der Waals surface area contributed by atoms with Crippen molar-refractivity contribution in [1.29, 1.82) is 0 Å². The number of imidazole rings is 1. The highest BCUT2D eigenvalue weighted by atomic mass is 16.2. The Morgan fingerprint density at radius 2 is 2.00 bits per heavy atom. The third-order valence-corrected chi connectivity index (χ3v) is 6.03. The average Bonchev–Trinajstić information content (AvgIpc) is 3.40. The van der Waals surface area contributed by atoms with Crippen LogP contribution in [-0.4, -0.2) is 43.2 Å². The van der Waals surface area contributed by atoms with E-state index in [0.717, 1.165) is 31.8 Å². The number of carbonyl (C=O) groups is 1. The molecule has 0 saturated carbocycles. The maximum atomic E-state index is 12.9. The van der Waals surface area contributed by atoms with Gasteiger partial charge in [0, 0.05) is 44.8 Å². The minimum absolute atomic E-state index is 0.0160. The molecular weight excluding hydrogens is 352 g/mol. The van der Waals surface area contributed by atoms with E-state index in [1.807, 2.05) is 36.5 Å². The quantitative estimate of drug-likeness (QED) is 0.745. The van der Waals surface area contributed by atoms with Crippen molar-refractivity contribution in [2.45, 2.75) is 38.4 Å². The number of nitrogens with one attached hydrogen (secondary N) is 1. The molecule has 1 N–H and O–H groups in total. The van der Waals surface area contributed by atoms with Gasteiger partial charge < -0.3 is 14.8 Å². The van der Waals surface area contributed by atoms with E-state index >= 15 is 0 Å². The zero-order chi connectivity index (χ0) is 19.1. The number of likely N-dealkylation sites (tertiary alicyclic amines) is 1. The zero-order valence-corrected chi connectivity index (χ0v) is 16.0. The Bertz CT molecular complexity index is 1010. The number of fused-ring (bicyclic) bond motifs is 4. The Labute approximate surface area is 164 Å². The lowest BCUT2D eigenvalue weighted by Crippen LogP contribution is -2.52. The molecule has 1 fully saturated rings. The van der Waals surface area contributed by atoms with Gasteiger partial charge in [-0.2, -0.15) is 5.10 Å². The van der Waals surface area contributed by atoms with Gasteiger partial charge in [0.2, 0.25) is 0 Å². The van der Waals surface area contributed by atoms with Gasteiger partial charge in [-0.1, -0.05) is 18.2 Å². The predicted octanol–water partition coefficient (Wildman–Crippen LogP) is 2.32. The highest BCUT2D eigenvalue weighted by Crippen LogP contribution is 2.36. The van der Waals surface area contributed by atoms with Crippen molar-refractivity contribution in [3.63, 3.8) is 0 Å². The number of nitrogens with zero attached hydrogens (tertiary/aromatic N) is 5. The first-order valence-electron chi connectivity index (χ1n) is 9.90. The molecule has 1 spiro atoms. The standard InChI is InChI=1S/C21H24N6O/c1-2-26-11-7-17(24-26)19(28)25-12-8-21(9-13-25)20-22-10-14-27(20)18-6-4-3-5-16(18)15-23-21/h3-7,10-11,14,23H,2,8-9,12-13,15H2,1H3. The molecule has 5 rings (SSSR count). The van der Waals surface area contributed by atoms with Gasteiger partial charge in [0.05, 0.1) is 11.2 Å². The maximum absolute atomic E-state index is 12.9. The number of amides is 1. The van der Waals surface area contributed by atoms with E-state index in [1.165, 1.54) is 11.3 Å². The van der Waals surface area contributed by atoms with Gasteiger partial charge in [-0.3, -0.25) is 9.48 Å². The normalized spacial score (nSPS) is 17.8. The van der Waals surface area contributed by atoms with E-state index in [-0.39, 0.29) is 11.4 Å². The second-order valence-corrected chi connectivity index (χ2v) is 7.53. The molecule has 2 aliphatic rings. The average molecular weight is 376 g/mol. The summed E-state index contributed by atoms with van der Waals surface area (Å²) in [5.74, 6) is 1.06. The van der Waals surface area contributed by atoms with Crippen LogP contribution in [0, 0.1) is 0 Å². The van der Waals surface area contributed by atoms with Gasteiger partial charge in [-0.05, 0) is 37.5 Å². The van der Waals surface area contributed by atoms with Crippen molar-refractivity contribution in [3.05, 3.63) is 66.0 Å². The monoisotopic (exact) mass is 376 g/mol. The molecule has 3 aromatic rings. The Kier molecular flexibility index (Phi) is 4.05. The van der Waals surface area contributed by atoms with Gasteiger partial charge in [-0.25, -0.2) is 4.98 Å². The summed E-state index contributed by atoms with van der Waals surface area (Å²) in [6, 6.07) is 10.3. The van der Waals surface area contributed by atoms with Crippen LogP contribution in [0.15, 0.2) is 48.9 Å². The summed E-state index contributed by atoms with van der Waals surface area (Å²) >= 11 is 0. The maximum Gasteiger partial charge on any atom is 0.274 e. The van der Waals surface area contributed by atoms with Gasteiger partial charge in [0.1, 0.15) is 11.5 Å². The highest BCUT2D eigenvalue weighted by molar-refractivity contribution is 5.92. The van der Waals surface area contributed by atoms with Gasteiger partial charge >= 0.3 is 0 Å². The Balaban J connectivity index is 1.40. The van der Waals surface area contributed by atoms with Crippen LogP contribution in [0.25, 0.3) is 5.69 Å². The molecule has 144 valence electrons. The van der Waals surface area contributed by atoms with E-state index in [1.54, 1.807) is 4.68 Å². The van der Waals surface area contributed by atoms with Crippen molar-refractivity contribution < 1.29 is 4.79 Å². The molecule has 2 aromatic heterocycles. The number of carbonyl (C=O) groups excluding carboxylic acids is 1. The number of aromatic nitrogens is 4. The van der Waals surface area contributed by atoms with Crippen molar-refractivity contribution >= 4 is 5.91 Å². The molecule has 0 aliphatic carbocycles. The first kappa shape index (κ1) is 17.2. The fourth-order valence-electron chi connectivity index (χ4n) is 4.40. The van der Waals surface area contributed by atoms with Crippen molar-refractivity contribution in [3.8, 4) is 5.69 Å². The summed E-state index contributed by atoms with van der Waals surface area (Å²) in [5, 5.41) is 8.14. The number of aryl methyl sites for hydroxylation is 1. The molecule has 0 bridgehead atoms. The molecule has 4 heterocycles. The molecule has 2 aliphatic heterocycles. The van der Waals surface area contributed by atoms with Crippen LogP contribution < -0.4 is 5.32 Å². The summed E-state index contributed by atoms with van der Waals surface area (Å²) < 4.78 is 4.00. The van der Waals surface area contributed by atoms with E-state index in [9.17, 15) is 4.79 Å². The number of rotatable bonds is 2. The molecule has 7 heteroatoms. The first-order valence-corrected chi connectivity index (χ1v) is 9.90. The molecule has 7 nitrogen and oxygen atoms in total. The van der Waals surface area contributed by atoms with Crippen molar-refractivity contribution in [2.24, 2.45) is 0 Å². The second kappa shape index (κ2) is 6.60. The number of para-hydroxylation sites is 1. The summed E-state index contributed by atoms with van der Waals surface area (Å²) in [7, 11) is 0. The fraction of sp³-hybridized carbons (Fsp3) is 0.381. The molecule has 1 aromatic carbocycles. The van der Waals surface area contributed by atoms with Crippen LogP contribution in [0.3, 0.4) is 0 Å². The summed E-state index contributed by atoms with van der Waals surface area (Å²) in [6.07, 6.45) is 7.43. The highest BCUT2D eigenvalue weighted by Gasteiger charge is 2.42. The SMILES string of the molecule is CCn1ccc(C(=O)N2CCC3(CC2)NCc2ccccc2-n2ccnc23)n1. The van der Waals surface area contributed by atoms with Gasteiger partial charge in [-0.15, -0.1) is 0 Å². The number of piperidine rings is 1. The first-order chi connectivity index (χ1) is 13.7. The van der Waals surface area contributed by atoms with Crippen molar-refractivity contribution in [1.82, 2.24) is 29.5 Å². The molecule has 28 heavy (non-hydrogen) atoms. The molecular formula is C21H24N6O. The topological polar surface area (TPSA) is 68.0 Å². The molecule has 0 atom stereocenters. The van der Waals surface area contributed by atoms with E-state index in [2.05, 4.69) is 39.2 Å². The van der Waals surface area contributed by atoms with E-state index in [0.29, 0.717) is 18.8 Å². The van der Waals surface area contributed by atoms with E-state index < -0.39 is 0 Å². The van der Waals surface area contributed by atoms with Crippen LogP contribution in [0.5, 0.6) is 0 Å². The Morgan fingerprint density at radius 3 is 2.79 bits per heavy atom. The smallest absolute Gasteiger partial charge is 0.274 e. The lowest BCUT2D eigenvalue weighted by molar-refractivity contribution is 0.0619. The van der Waals surface area contributed by atoms with Crippen LogP contribution in [0.2, 0.25) is 0 Å². The predicted molar refractivity (Wildman–Crippen MR) is 105 cm³/mol. The second-order valence-electron chi connectivity index (χ2n) is 7.53. The number of hydrogen-bond acceptors (Lipinski definition) is 4.